The van der Waals surface area contributed by atoms with Crippen LogP contribution in [-0.4, -0.2) is 65.5 Å². The molecule has 0 amide bonds. The van der Waals surface area contributed by atoms with E-state index in [9.17, 15) is 19.8 Å². The number of Topliss-reactive ketones (excluding diaryl/α,β-unsaturated/α-hetero) is 1. The molecular formula is C29H47NO6SSi. The van der Waals surface area contributed by atoms with Crippen molar-refractivity contribution in [3.05, 3.63) is 16.3 Å². The van der Waals surface area contributed by atoms with Gasteiger partial charge in [-0.15, -0.1) is 11.3 Å². The largest absolute Gasteiger partial charge is 0.458 e. The third-order valence-electron chi connectivity index (χ3n) is 8.21. The standard InChI is InChI=1S/C29H47NO6SSi/c1-16-11-10-12-21-23(35-21)14-22(17(2)13-20-28(38(7,8)9)37-19(4)30-20)36-25(32)15-24(31)29(5,6)27(34)18(3)26(16)33/h13,16,18,21-24,26,31,33H,10-12,14-15H2,1-9H3/b17-13+/t16-,18+,21+,22-,23-,24-,26?/m0/s1. The lowest BCUT2D eigenvalue weighted by atomic mass is 9.73. The second kappa shape index (κ2) is 12.0. The average Bonchev–Trinajstić information content (AvgIpc) is 3.44. The van der Waals surface area contributed by atoms with Crippen LogP contribution >= 0.6 is 11.3 Å². The van der Waals surface area contributed by atoms with Gasteiger partial charge in [-0.05, 0) is 44.3 Å². The van der Waals surface area contributed by atoms with Gasteiger partial charge < -0.3 is 19.7 Å². The minimum Gasteiger partial charge on any atom is -0.458 e. The van der Waals surface area contributed by atoms with Crippen LogP contribution < -0.4 is 4.50 Å². The summed E-state index contributed by atoms with van der Waals surface area (Å²) in [5.41, 5.74) is 0.647. The van der Waals surface area contributed by atoms with E-state index in [1.54, 1.807) is 32.1 Å². The summed E-state index contributed by atoms with van der Waals surface area (Å²) in [5, 5.41) is 22.8. The van der Waals surface area contributed by atoms with Crippen LogP contribution in [0.25, 0.3) is 6.08 Å². The number of ketones is 1. The van der Waals surface area contributed by atoms with E-state index in [-0.39, 0.29) is 30.3 Å². The highest BCUT2D eigenvalue weighted by atomic mass is 32.1. The lowest BCUT2D eigenvalue weighted by molar-refractivity contribution is -0.154. The Morgan fingerprint density at radius 2 is 1.79 bits per heavy atom. The molecule has 1 aromatic heterocycles. The number of aromatic nitrogens is 1. The minimum atomic E-state index is -1.61. The number of ether oxygens (including phenoxy) is 2. The topological polar surface area (TPSA) is 109 Å². The van der Waals surface area contributed by atoms with Crippen molar-refractivity contribution in [2.45, 2.75) is 124 Å². The Balaban J connectivity index is 1.88. The third kappa shape index (κ3) is 7.41. The molecule has 0 bridgehead atoms. The fourth-order valence-electron chi connectivity index (χ4n) is 5.40. The van der Waals surface area contributed by atoms with E-state index >= 15 is 0 Å². The Bertz CT molecular complexity index is 1040. The highest BCUT2D eigenvalue weighted by Crippen LogP contribution is 2.36. The number of hydrogen-bond donors (Lipinski definition) is 2. The molecule has 7 nitrogen and oxygen atoms in total. The lowest BCUT2D eigenvalue weighted by Gasteiger charge is -2.34. The fourth-order valence-corrected chi connectivity index (χ4v) is 8.61. The van der Waals surface area contributed by atoms with Crippen LogP contribution in [0.2, 0.25) is 19.6 Å². The van der Waals surface area contributed by atoms with Gasteiger partial charge in [0.25, 0.3) is 0 Å². The van der Waals surface area contributed by atoms with E-state index in [2.05, 4.69) is 19.6 Å². The Morgan fingerprint density at radius 3 is 2.42 bits per heavy atom. The fraction of sp³-hybridized carbons (Fsp3) is 0.759. The number of epoxide rings is 1. The van der Waals surface area contributed by atoms with Crippen LogP contribution in [0.1, 0.15) is 77.4 Å². The molecule has 2 aliphatic rings. The molecule has 38 heavy (non-hydrogen) atoms. The van der Waals surface area contributed by atoms with Crippen LogP contribution in [0.15, 0.2) is 5.57 Å². The quantitative estimate of drug-likeness (QED) is 0.312. The summed E-state index contributed by atoms with van der Waals surface area (Å²) in [6.45, 7) is 17.8. The molecule has 2 N–H and O–H groups in total. The summed E-state index contributed by atoms with van der Waals surface area (Å²) in [6.07, 6.45) is 2.37. The van der Waals surface area contributed by atoms with E-state index in [0.29, 0.717) is 6.42 Å². The Morgan fingerprint density at radius 1 is 1.13 bits per heavy atom. The first-order valence-electron chi connectivity index (χ1n) is 13.9. The van der Waals surface area contributed by atoms with Crippen LogP contribution in [0.4, 0.5) is 0 Å². The number of fused-ring (bicyclic) bond motifs is 1. The predicted molar refractivity (Wildman–Crippen MR) is 154 cm³/mol. The van der Waals surface area contributed by atoms with Gasteiger partial charge in [0.05, 0.1) is 55.0 Å². The Kier molecular flexibility index (Phi) is 9.84. The normalized spacial score (nSPS) is 34.0. The minimum absolute atomic E-state index is 0.000201. The first kappa shape index (κ1) is 31.1. The smallest absolute Gasteiger partial charge is 0.309 e. The summed E-state index contributed by atoms with van der Waals surface area (Å²) in [5.74, 6) is -1.51. The first-order chi connectivity index (χ1) is 17.5. The predicted octanol–water partition coefficient (Wildman–Crippen LogP) is 4.63. The molecule has 3 heterocycles. The van der Waals surface area contributed by atoms with Gasteiger partial charge in [0.15, 0.2) is 0 Å². The molecule has 0 saturated carbocycles. The molecule has 0 radical (unpaired) electrons. The van der Waals surface area contributed by atoms with Crippen LogP contribution in [0.3, 0.4) is 0 Å². The molecule has 3 rings (SSSR count). The maximum absolute atomic E-state index is 13.3. The molecule has 9 heteroatoms. The number of aliphatic hydroxyl groups excluding tert-OH is 2. The maximum atomic E-state index is 13.3. The summed E-state index contributed by atoms with van der Waals surface area (Å²) in [6, 6.07) is 0. The zero-order valence-electron chi connectivity index (χ0n) is 24.5. The van der Waals surface area contributed by atoms with Crippen LogP contribution in [0.5, 0.6) is 0 Å². The monoisotopic (exact) mass is 565 g/mol. The van der Waals surface area contributed by atoms with Crippen molar-refractivity contribution < 1.29 is 29.3 Å². The van der Waals surface area contributed by atoms with Gasteiger partial charge in [0, 0.05) is 16.8 Å². The van der Waals surface area contributed by atoms with Crippen LogP contribution in [-0.2, 0) is 19.1 Å². The number of carbonyl (C=O) groups excluding carboxylic acids is 2. The Labute approximate surface area is 233 Å². The van der Waals surface area contributed by atoms with Crippen molar-refractivity contribution >= 4 is 41.7 Å². The number of thiazole rings is 1. The molecule has 7 atom stereocenters. The summed E-state index contributed by atoms with van der Waals surface area (Å²) in [4.78, 5) is 31.1. The van der Waals surface area contributed by atoms with Gasteiger partial charge in [0.1, 0.15) is 11.9 Å². The molecule has 1 aromatic rings. The van der Waals surface area contributed by atoms with Crippen molar-refractivity contribution in [1.82, 2.24) is 4.98 Å². The highest BCUT2D eigenvalue weighted by Gasteiger charge is 2.44. The molecule has 2 saturated heterocycles. The third-order valence-corrected chi connectivity index (χ3v) is 12.8. The van der Waals surface area contributed by atoms with Crippen molar-refractivity contribution in [2.75, 3.05) is 0 Å². The molecule has 0 aliphatic carbocycles. The number of carbonyl (C=O) groups is 2. The Hall–Kier alpha value is -1.39. The van der Waals surface area contributed by atoms with Gasteiger partial charge in [-0.25, -0.2) is 4.98 Å². The molecular weight excluding hydrogens is 518 g/mol. The van der Waals surface area contributed by atoms with Gasteiger partial charge in [-0.3, -0.25) is 9.59 Å². The van der Waals surface area contributed by atoms with E-state index in [1.807, 2.05) is 26.8 Å². The zero-order chi connectivity index (χ0) is 28.6. The summed E-state index contributed by atoms with van der Waals surface area (Å²) >= 11 is 1.74. The number of rotatable bonds is 3. The average molecular weight is 566 g/mol. The van der Waals surface area contributed by atoms with E-state index in [0.717, 1.165) is 35.5 Å². The molecule has 0 spiro atoms. The lowest BCUT2D eigenvalue weighted by Crippen LogP contribution is -2.45. The molecule has 1 unspecified atom stereocenters. The molecule has 2 fully saturated rings. The van der Waals surface area contributed by atoms with Crippen LogP contribution in [0, 0.1) is 24.2 Å². The van der Waals surface area contributed by atoms with Crippen molar-refractivity contribution in [3.63, 3.8) is 0 Å². The van der Waals surface area contributed by atoms with Gasteiger partial charge in [-0.1, -0.05) is 53.8 Å². The van der Waals surface area contributed by atoms with E-state index < -0.39 is 43.7 Å². The van der Waals surface area contributed by atoms with E-state index in [1.165, 1.54) is 4.50 Å². The second-order valence-electron chi connectivity index (χ2n) is 13.0. The SMILES string of the molecule is C/C(=C\c1nc(C)sc1[Si](C)(C)C)[C@@H]1C[C@@H]2O[C@@H]2CCC[C@H](C)C(O)[C@@H](C)C(=O)C(C)(C)[C@@H](O)CC(=O)O1. The highest BCUT2D eigenvalue weighted by molar-refractivity contribution is 7.26. The number of esters is 1. The van der Waals surface area contributed by atoms with E-state index in [4.69, 9.17) is 14.5 Å². The van der Waals surface area contributed by atoms with Gasteiger partial charge >= 0.3 is 5.97 Å². The van der Waals surface area contributed by atoms with Gasteiger partial charge in [-0.2, -0.15) is 0 Å². The van der Waals surface area contributed by atoms with Gasteiger partial charge in [0.2, 0.25) is 0 Å². The zero-order valence-corrected chi connectivity index (χ0v) is 26.4. The van der Waals surface area contributed by atoms with Crippen molar-refractivity contribution in [3.8, 4) is 0 Å². The number of aryl methyl sites for hydroxylation is 1. The number of cyclic esters (lactones) is 1. The number of aliphatic hydroxyl groups is 2. The maximum Gasteiger partial charge on any atom is 0.309 e. The van der Waals surface area contributed by atoms with Crippen molar-refractivity contribution in [2.24, 2.45) is 17.3 Å². The summed E-state index contributed by atoms with van der Waals surface area (Å²) in [7, 11) is -1.61. The molecule has 0 aromatic carbocycles. The first-order valence-corrected chi connectivity index (χ1v) is 18.3. The molecule has 214 valence electrons. The van der Waals surface area contributed by atoms with Crippen molar-refractivity contribution in [1.29, 1.82) is 0 Å². The second-order valence-corrected chi connectivity index (χ2v) is 19.6. The number of nitrogens with zero attached hydrogens (tertiary/aromatic N) is 1. The molecule has 2 aliphatic heterocycles. The summed E-state index contributed by atoms with van der Waals surface area (Å²) < 4.78 is 13.2. The number of hydrogen-bond acceptors (Lipinski definition) is 8.